The van der Waals surface area contributed by atoms with Gasteiger partial charge in [-0.1, -0.05) is 44.2 Å². The molecule has 4 heteroatoms. The fourth-order valence-electron chi connectivity index (χ4n) is 2.55. The van der Waals surface area contributed by atoms with E-state index >= 15 is 0 Å². The Morgan fingerprint density at radius 3 is 2.29 bits per heavy atom. The van der Waals surface area contributed by atoms with Crippen LogP contribution in [0.2, 0.25) is 0 Å². The second kappa shape index (κ2) is 7.39. The lowest BCUT2D eigenvalue weighted by atomic mass is 9.95. The molecule has 0 saturated heterocycles. The maximum atomic E-state index is 11.8. The number of carboxylic acid groups (broad SMARTS) is 1. The van der Waals surface area contributed by atoms with Gasteiger partial charge in [0.15, 0.2) is 0 Å². The molecule has 24 heavy (non-hydrogen) atoms. The zero-order valence-corrected chi connectivity index (χ0v) is 14.6. The molecule has 0 saturated carbocycles. The molecule has 0 unspecified atom stereocenters. The van der Waals surface area contributed by atoms with Crippen LogP contribution in [-0.4, -0.2) is 23.8 Å². The number of aliphatic carboxylic acids is 1. The Balaban J connectivity index is 2.25. The van der Waals surface area contributed by atoms with Crippen molar-refractivity contribution < 1.29 is 19.4 Å². The minimum Gasteiger partial charge on any atom is -0.496 e. The Labute approximate surface area is 143 Å². The monoisotopic (exact) mass is 328 g/mol. The Hall–Kier alpha value is -2.49. The van der Waals surface area contributed by atoms with Crippen molar-refractivity contribution in [1.82, 2.24) is 0 Å². The highest BCUT2D eigenvalue weighted by atomic mass is 16.5. The van der Waals surface area contributed by atoms with E-state index in [0.29, 0.717) is 17.4 Å². The number of ether oxygens (including phenoxy) is 2. The smallest absolute Gasteiger partial charge is 0.348 e. The number of para-hydroxylation sites is 1. The summed E-state index contributed by atoms with van der Waals surface area (Å²) in [5, 5.41) is 9.70. The van der Waals surface area contributed by atoms with Gasteiger partial charge in [0.25, 0.3) is 0 Å². The van der Waals surface area contributed by atoms with Gasteiger partial charge in [0.2, 0.25) is 5.60 Å². The number of rotatable bonds is 7. The van der Waals surface area contributed by atoms with Gasteiger partial charge in [-0.05, 0) is 42.2 Å². The van der Waals surface area contributed by atoms with Gasteiger partial charge in [-0.15, -0.1) is 0 Å². The zero-order chi connectivity index (χ0) is 17.7. The van der Waals surface area contributed by atoms with Gasteiger partial charge in [0.1, 0.15) is 11.5 Å². The fraction of sp³-hybridized carbons (Fsp3) is 0.350. The van der Waals surface area contributed by atoms with E-state index in [0.717, 1.165) is 5.56 Å². The SMILES string of the molecule is COc1ccccc1C[C@](C)(Oc1ccc(C(C)C)cc1)C(=O)O. The highest BCUT2D eigenvalue weighted by Crippen LogP contribution is 2.28. The Bertz CT molecular complexity index is 691. The first-order valence-corrected chi connectivity index (χ1v) is 8.00. The summed E-state index contributed by atoms with van der Waals surface area (Å²) in [6.45, 7) is 5.80. The van der Waals surface area contributed by atoms with Crippen molar-refractivity contribution in [2.75, 3.05) is 7.11 Å². The van der Waals surface area contributed by atoms with Gasteiger partial charge in [-0.3, -0.25) is 0 Å². The van der Waals surface area contributed by atoms with Crippen molar-refractivity contribution in [2.24, 2.45) is 0 Å². The topological polar surface area (TPSA) is 55.8 Å². The Morgan fingerprint density at radius 2 is 1.75 bits per heavy atom. The molecule has 1 N–H and O–H groups in total. The summed E-state index contributed by atoms with van der Waals surface area (Å²) < 4.78 is 11.2. The van der Waals surface area contributed by atoms with Crippen LogP contribution >= 0.6 is 0 Å². The Morgan fingerprint density at radius 1 is 1.12 bits per heavy atom. The number of benzene rings is 2. The quantitative estimate of drug-likeness (QED) is 0.824. The fourth-order valence-corrected chi connectivity index (χ4v) is 2.55. The van der Waals surface area contributed by atoms with Crippen molar-refractivity contribution in [3.05, 3.63) is 59.7 Å². The lowest BCUT2D eigenvalue weighted by Crippen LogP contribution is -2.43. The molecule has 0 radical (unpaired) electrons. The molecule has 0 bridgehead atoms. The summed E-state index contributed by atoms with van der Waals surface area (Å²) >= 11 is 0. The number of hydrogen-bond acceptors (Lipinski definition) is 3. The lowest BCUT2D eigenvalue weighted by molar-refractivity contribution is -0.153. The minimum atomic E-state index is -1.38. The zero-order valence-electron chi connectivity index (χ0n) is 14.6. The van der Waals surface area contributed by atoms with E-state index in [2.05, 4.69) is 13.8 Å². The third-order valence-electron chi connectivity index (χ3n) is 4.06. The van der Waals surface area contributed by atoms with Crippen LogP contribution in [0.4, 0.5) is 0 Å². The van der Waals surface area contributed by atoms with Crippen LogP contribution in [0, 0.1) is 0 Å². The molecule has 128 valence electrons. The van der Waals surface area contributed by atoms with Crippen LogP contribution < -0.4 is 9.47 Å². The van der Waals surface area contributed by atoms with E-state index in [9.17, 15) is 9.90 Å². The average Bonchev–Trinajstić information content (AvgIpc) is 2.55. The van der Waals surface area contributed by atoms with Gasteiger partial charge in [0.05, 0.1) is 7.11 Å². The number of methoxy groups -OCH3 is 1. The van der Waals surface area contributed by atoms with Gasteiger partial charge in [-0.25, -0.2) is 4.79 Å². The molecule has 2 rings (SSSR count). The molecule has 0 amide bonds. The van der Waals surface area contributed by atoms with E-state index in [1.54, 1.807) is 14.0 Å². The van der Waals surface area contributed by atoms with Crippen molar-refractivity contribution in [2.45, 2.75) is 38.7 Å². The number of carbonyl (C=O) groups is 1. The summed E-state index contributed by atoms with van der Waals surface area (Å²) in [5.41, 5.74) is 0.598. The van der Waals surface area contributed by atoms with Crippen LogP contribution in [0.5, 0.6) is 11.5 Å². The molecule has 4 nitrogen and oxygen atoms in total. The van der Waals surface area contributed by atoms with Gasteiger partial charge < -0.3 is 14.6 Å². The number of carboxylic acids is 1. The molecule has 0 aromatic heterocycles. The highest BCUT2D eigenvalue weighted by molar-refractivity contribution is 5.78. The molecule has 0 aliphatic carbocycles. The van der Waals surface area contributed by atoms with Crippen molar-refractivity contribution in [3.63, 3.8) is 0 Å². The predicted octanol–water partition coefficient (Wildman–Crippen LogP) is 4.28. The van der Waals surface area contributed by atoms with Crippen LogP contribution in [0.3, 0.4) is 0 Å². The number of hydrogen-bond donors (Lipinski definition) is 1. The summed E-state index contributed by atoms with van der Waals surface area (Å²) in [7, 11) is 1.57. The van der Waals surface area contributed by atoms with E-state index in [-0.39, 0.29) is 6.42 Å². The van der Waals surface area contributed by atoms with E-state index in [1.165, 1.54) is 5.56 Å². The maximum Gasteiger partial charge on any atom is 0.348 e. The van der Waals surface area contributed by atoms with Crippen LogP contribution in [-0.2, 0) is 11.2 Å². The first kappa shape index (κ1) is 17.9. The second-order valence-corrected chi connectivity index (χ2v) is 6.35. The van der Waals surface area contributed by atoms with Gasteiger partial charge in [-0.2, -0.15) is 0 Å². The van der Waals surface area contributed by atoms with E-state index in [4.69, 9.17) is 9.47 Å². The molecule has 0 heterocycles. The van der Waals surface area contributed by atoms with Crippen LogP contribution in [0.1, 0.15) is 37.8 Å². The Kier molecular flexibility index (Phi) is 5.50. The van der Waals surface area contributed by atoms with E-state index in [1.807, 2.05) is 48.5 Å². The highest BCUT2D eigenvalue weighted by Gasteiger charge is 2.36. The first-order chi connectivity index (χ1) is 11.4. The third-order valence-corrected chi connectivity index (χ3v) is 4.06. The molecule has 0 aliphatic heterocycles. The molecule has 0 spiro atoms. The normalized spacial score (nSPS) is 13.4. The maximum absolute atomic E-state index is 11.8. The second-order valence-electron chi connectivity index (χ2n) is 6.35. The molecule has 2 aromatic rings. The van der Waals surface area contributed by atoms with Gasteiger partial charge >= 0.3 is 5.97 Å². The summed E-state index contributed by atoms with van der Waals surface area (Å²) in [6, 6.07) is 14.9. The van der Waals surface area contributed by atoms with Gasteiger partial charge in [0, 0.05) is 6.42 Å². The third kappa shape index (κ3) is 4.07. The summed E-state index contributed by atoms with van der Waals surface area (Å²) in [5.74, 6) is 0.600. The molecular weight excluding hydrogens is 304 g/mol. The molecule has 2 aromatic carbocycles. The van der Waals surface area contributed by atoms with Crippen molar-refractivity contribution >= 4 is 5.97 Å². The van der Waals surface area contributed by atoms with Crippen molar-refractivity contribution in [1.29, 1.82) is 0 Å². The van der Waals surface area contributed by atoms with Crippen LogP contribution in [0.25, 0.3) is 0 Å². The lowest BCUT2D eigenvalue weighted by Gasteiger charge is -2.27. The summed E-state index contributed by atoms with van der Waals surface area (Å²) in [4.78, 5) is 11.8. The molecular formula is C20H24O4. The van der Waals surface area contributed by atoms with Crippen molar-refractivity contribution in [3.8, 4) is 11.5 Å². The van der Waals surface area contributed by atoms with Crippen LogP contribution in [0.15, 0.2) is 48.5 Å². The minimum absolute atomic E-state index is 0.207. The molecule has 0 fully saturated rings. The predicted molar refractivity (Wildman–Crippen MR) is 93.9 cm³/mol. The molecule has 1 atom stereocenters. The average molecular weight is 328 g/mol. The largest absolute Gasteiger partial charge is 0.496 e. The first-order valence-electron chi connectivity index (χ1n) is 8.00. The standard InChI is InChI=1S/C20H24O4/c1-14(2)15-9-11-17(12-10-15)24-20(3,19(21)22)13-16-7-5-6-8-18(16)23-4/h5-12,14H,13H2,1-4H3,(H,21,22)/t20-/m0/s1. The summed E-state index contributed by atoms with van der Waals surface area (Å²) in [6.07, 6.45) is 0.207. The molecule has 0 aliphatic rings. The van der Waals surface area contributed by atoms with E-state index < -0.39 is 11.6 Å².